The van der Waals surface area contributed by atoms with E-state index in [1.165, 1.54) is 4.90 Å². The third-order valence-electron chi connectivity index (χ3n) is 3.96. The zero-order chi connectivity index (χ0) is 18.6. The van der Waals surface area contributed by atoms with Crippen LogP contribution in [-0.4, -0.2) is 35.2 Å². The minimum atomic E-state index is -0.0122. The molecule has 4 nitrogen and oxygen atoms in total. The van der Waals surface area contributed by atoms with E-state index in [9.17, 15) is 4.79 Å². The topological polar surface area (TPSA) is 42.4 Å². The number of carbonyl (C=O) groups is 1. The maximum Gasteiger partial charge on any atom is 0.253 e. The van der Waals surface area contributed by atoms with Gasteiger partial charge in [-0.25, -0.2) is 0 Å². The molecule has 0 spiro atoms. The van der Waals surface area contributed by atoms with Crippen LogP contribution in [0, 0.1) is 13.8 Å². The minimum absolute atomic E-state index is 0.0122. The highest BCUT2D eigenvalue weighted by atomic mass is 32.2. The van der Waals surface area contributed by atoms with Crippen LogP contribution >= 0.6 is 11.8 Å². The quantitative estimate of drug-likeness (QED) is 0.714. The molecule has 134 valence electrons. The molecule has 0 atom stereocenters. The van der Waals surface area contributed by atoms with Gasteiger partial charge in [0.1, 0.15) is 5.75 Å². The summed E-state index contributed by atoms with van der Waals surface area (Å²) in [5.41, 5.74) is 3.51. The first-order chi connectivity index (χ1) is 11.8. The highest BCUT2D eigenvalue weighted by Crippen LogP contribution is 2.25. The van der Waals surface area contributed by atoms with Crippen molar-refractivity contribution >= 4 is 17.7 Å². The Bertz CT molecular complexity index is 742. The molecule has 1 aromatic carbocycles. The number of thioether (sulfide) groups is 1. The summed E-state index contributed by atoms with van der Waals surface area (Å²) in [6.45, 7) is 8.70. The van der Waals surface area contributed by atoms with Crippen LogP contribution in [0.1, 0.15) is 41.0 Å². The number of hydrogen-bond donors (Lipinski definition) is 0. The van der Waals surface area contributed by atoms with Crippen LogP contribution in [0.4, 0.5) is 0 Å². The predicted octanol–water partition coefficient (Wildman–Crippen LogP) is 4.48. The van der Waals surface area contributed by atoms with E-state index in [0.29, 0.717) is 17.4 Å². The molecule has 0 aliphatic heterocycles. The number of aryl methyl sites for hydroxylation is 1. The lowest BCUT2D eigenvalue weighted by molar-refractivity contribution is 0.0783. The average Bonchev–Trinajstić information content (AvgIpc) is 2.57. The van der Waals surface area contributed by atoms with Gasteiger partial charge in [-0.1, -0.05) is 13.8 Å². The molecule has 1 heterocycles. The van der Waals surface area contributed by atoms with Gasteiger partial charge in [-0.3, -0.25) is 9.78 Å². The van der Waals surface area contributed by atoms with E-state index in [-0.39, 0.29) is 5.91 Å². The number of rotatable bonds is 6. The lowest BCUT2D eigenvalue weighted by Gasteiger charge is -2.19. The number of aromatic nitrogens is 1. The summed E-state index contributed by atoms with van der Waals surface area (Å²) in [7, 11) is 3.46. The first kappa shape index (κ1) is 19.3. The third kappa shape index (κ3) is 4.75. The highest BCUT2D eigenvalue weighted by Gasteiger charge is 2.16. The number of pyridine rings is 1. The Labute approximate surface area is 154 Å². The SMILES string of the molecule is COc1c(C)cnc(CN(C)C(=O)c2ccc(SC(C)C)cc2)c1C. The first-order valence-corrected chi connectivity index (χ1v) is 9.22. The molecule has 0 fully saturated rings. The molecule has 0 aliphatic carbocycles. The molecule has 0 saturated heterocycles. The third-order valence-corrected chi connectivity index (χ3v) is 4.97. The lowest BCUT2D eigenvalue weighted by Crippen LogP contribution is -2.27. The van der Waals surface area contributed by atoms with Crippen LogP contribution in [-0.2, 0) is 6.54 Å². The summed E-state index contributed by atoms with van der Waals surface area (Å²) >= 11 is 1.79. The lowest BCUT2D eigenvalue weighted by atomic mass is 10.1. The monoisotopic (exact) mass is 358 g/mol. The fourth-order valence-electron chi connectivity index (χ4n) is 2.70. The number of methoxy groups -OCH3 is 1. The van der Waals surface area contributed by atoms with Crippen molar-refractivity contribution in [1.29, 1.82) is 0 Å². The van der Waals surface area contributed by atoms with Crippen molar-refractivity contribution in [2.45, 2.75) is 44.4 Å². The normalized spacial score (nSPS) is 10.8. The summed E-state index contributed by atoms with van der Waals surface area (Å²) in [5.74, 6) is 0.822. The van der Waals surface area contributed by atoms with E-state index >= 15 is 0 Å². The number of amides is 1. The standard InChI is InChI=1S/C20H26N2O2S/c1-13(2)25-17-9-7-16(8-10-17)20(23)22(5)12-18-15(4)19(24-6)14(3)11-21-18/h7-11,13H,12H2,1-6H3. The second-order valence-electron chi connectivity index (χ2n) is 6.40. The Kier molecular flexibility index (Phi) is 6.48. The number of hydrogen-bond acceptors (Lipinski definition) is 4. The number of benzene rings is 1. The molecule has 0 unspecified atom stereocenters. The van der Waals surface area contributed by atoms with Crippen LogP contribution in [0.3, 0.4) is 0 Å². The minimum Gasteiger partial charge on any atom is -0.496 e. The smallest absolute Gasteiger partial charge is 0.253 e. The maximum atomic E-state index is 12.7. The Hall–Kier alpha value is -2.01. The van der Waals surface area contributed by atoms with Crippen molar-refractivity contribution in [1.82, 2.24) is 9.88 Å². The second kappa shape index (κ2) is 8.39. The van der Waals surface area contributed by atoms with Crippen LogP contribution in [0.2, 0.25) is 0 Å². The van der Waals surface area contributed by atoms with Gasteiger partial charge in [0, 0.05) is 40.1 Å². The number of ether oxygens (including phenoxy) is 1. The van der Waals surface area contributed by atoms with E-state index < -0.39 is 0 Å². The van der Waals surface area contributed by atoms with Crippen molar-refractivity contribution in [3.63, 3.8) is 0 Å². The molecule has 0 radical (unpaired) electrons. The molecule has 2 aromatic rings. The maximum absolute atomic E-state index is 12.7. The fourth-order valence-corrected chi connectivity index (χ4v) is 3.53. The van der Waals surface area contributed by atoms with E-state index in [0.717, 1.165) is 22.6 Å². The predicted molar refractivity (Wildman–Crippen MR) is 103 cm³/mol. The summed E-state index contributed by atoms with van der Waals surface area (Å²) in [5, 5.41) is 0.523. The summed E-state index contributed by atoms with van der Waals surface area (Å²) in [6, 6.07) is 7.79. The molecule has 2 rings (SSSR count). The molecule has 1 aromatic heterocycles. The zero-order valence-electron chi connectivity index (χ0n) is 15.8. The Morgan fingerprint density at radius 1 is 1.24 bits per heavy atom. The molecular weight excluding hydrogens is 332 g/mol. The Morgan fingerprint density at radius 2 is 1.88 bits per heavy atom. The number of carbonyl (C=O) groups excluding carboxylic acids is 1. The van der Waals surface area contributed by atoms with Crippen LogP contribution < -0.4 is 4.74 Å². The van der Waals surface area contributed by atoms with Crippen molar-refractivity contribution in [3.05, 3.63) is 52.8 Å². The van der Waals surface area contributed by atoms with Crippen molar-refractivity contribution in [2.24, 2.45) is 0 Å². The largest absolute Gasteiger partial charge is 0.496 e. The van der Waals surface area contributed by atoms with Gasteiger partial charge in [-0.2, -0.15) is 0 Å². The van der Waals surface area contributed by atoms with Gasteiger partial charge < -0.3 is 9.64 Å². The fraction of sp³-hybridized carbons (Fsp3) is 0.400. The van der Waals surface area contributed by atoms with Gasteiger partial charge in [0.2, 0.25) is 0 Å². The van der Waals surface area contributed by atoms with E-state index in [4.69, 9.17) is 4.74 Å². The Balaban J connectivity index is 2.13. The van der Waals surface area contributed by atoms with E-state index in [1.807, 2.05) is 38.1 Å². The van der Waals surface area contributed by atoms with Gasteiger partial charge in [0.25, 0.3) is 5.91 Å². The van der Waals surface area contributed by atoms with Crippen LogP contribution in [0.5, 0.6) is 5.75 Å². The average molecular weight is 359 g/mol. The van der Waals surface area contributed by atoms with Crippen molar-refractivity contribution < 1.29 is 9.53 Å². The summed E-state index contributed by atoms with van der Waals surface area (Å²) < 4.78 is 5.44. The summed E-state index contributed by atoms with van der Waals surface area (Å²) in [6.07, 6.45) is 1.79. The highest BCUT2D eigenvalue weighted by molar-refractivity contribution is 7.99. The molecule has 0 bridgehead atoms. The van der Waals surface area contributed by atoms with Crippen molar-refractivity contribution in [2.75, 3.05) is 14.2 Å². The number of nitrogens with zero attached hydrogens (tertiary/aromatic N) is 2. The molecule has 5 heteroatoms. The first-order valence-electron chi connectivity index (χ1n) is 8.34. The van der Waals surface area contributed by atoms with Gasteiger partial charge in [0.15, 0.2) is 0 Å². The zero-order valence-corrected chi connectivity index (χ0v) is 16.6. The van der Waals surface area contributed by atoms with Crippen LogP contribution in [0.25, 0.3) is 0 Å². The van der Waals surface area contributed by atoms with Crippen LogP contribution in [0.15, 0.2) is 35.4 Å². The summed E-state index contributed by atoms with van der Waals surface area (Å²) in [4.78, 5) is 20.0. The Morgan fingerprint density at radius 3 is 2.44 bits per heavy atom. The molecule has 0 aliphatic rings. The van der Waals surface area contributed by atoms with Crippen molar-refractivity contribution in [3.8, 4) is 5.75 Å². The molecule has 0 saturated carbocycles. The van der Waals surface area contributed by atoms with Gasteiger partial charge in [-0.05, 0) is 38.1 Å². The van der Waals surface area contributed by atoms with E-state index in [2.05, 4.69) is 18.8 Å². The molecule has 25 heavy (non-hydrogen) atoms. The van der Waals surface area contributed by atoms with E-state index in [1.54, 1.807) is 37.0 Å². The molecule has 0 N–H and O–H groups in total. The molecular formula is C20H26N2O2S. The van der Waals surface area contributed by atoms with Gasteiger partial charge in [-0.15, -0.1) is 11.8 Å². The van der Waals surface area contributed by atoms with Gasteiger partial charge in [0.05, 0.1) is 19.3 Å². The second-order valence-corrected chi connectivity index (χ2v) is 8.05. The van der Waals surface area contributed by atoms with Gasteiger partial charge >= 0.3 is 0 Å². The molecule has 1 amide bonds.